The summed E-state index contributed by atoms with van der Waals surface area (Å²) in [4.78, 5) is 0. The van der Waals surface area contributed by atoms with Crippen molar-refractivity contribution < 1.29 is 13.5 Å². The van der Waals surface area contributed by atoms with Gasteiger partial charge in [0.15, 0.2) is 5.03 Å². The van der Waals surface area contributed by atoms with E-state index in [4.69, 9.17) is 5.11 Å². The number of sulfonamides is 1. The van der Waals surface area contributed by atoms with E-state index in [0.717, 1.165) is 11.1 Å². The third-order valence-electron chi connectivity index (χ3n) is 2.69. The zero-order valence-corrected chi connectivity index (χ0v) is 12.0. The lowest BCUT2D eigenvalue weighted by Crippen LogP contribution is -2.24. The molecule has 0 saturated carbocycles. The summed E-state index contributed by atoms with van der Waals surface area (Å²) in [5, 5.41) is 14.8. The average Bonchev–Trinajstić information content (AvgIpc) is 3.02. The highest BCUT2D eigenvalue weighted by atomic mass is 32.2. The summed E-state index contributed by atoms with van der Waals surface area (Å²) in [5.41, 5.74) is 1.50. The van der Waals surface area contributed by atoms with Crippen molar-refractivity contribution in [1.82, 2.24) is 14.9 Å². The monoisotopic (exact) mass is 305 g/mol. The van der Waals surface area contributed by atoms with Gasteiger partial charge in [-0.2, -0.15) is 5.10 Å². The van der Waals surface area contributed by atoms with Crippen LogP contribution in [0.3, 0.4) is 0 Å². The first-order valence-corrected chi connectivity index (χ1v) is 7.78. The molecule has 0 aliphatic carbocycles. The standard InChI is InChI=1S/C14H15N3O3S/c18-10-4-3-6-12-5-1-2-7-13(12)11-16-21(19,20)14-8-9-15-17-14/h1-2,5,7-9,16,18H,4,10-11H2,(H,15,17). The molecule has 0 atom stereocenters. The third-order valence-corrected chi connectivity index (χ3v) is 4.03. The molecule has 0 fully saturated rings. The lowest BCUT2D eigenvalue weighted by molar-refractivity contribution is 0.305. The van der Waals surface area contributed by atoms with E-state index in [-0.39, 0.29) is 18.2 Å². The van der Waals surface area contributed by atoms with Gasteiger partial charge in [0.05, 0.1) is 12.8 Å². The molecule has 0 unspecified atom stereocenters. The molecule has 1 aromatic heterocycles. The van der Waals surface area contributed by atoms with Gasteiger partial charge in [0.2, 0.25) is 0 Å². The summed E-state index contributed by atoms with van der Waals surface area (Å²) in [6.45, 7) is 0.132. The molecular weight excluding hydrogens is 290 g/mol. The second-order valence-electron chi connectivity index (χ2n) is 4.18. The number of aliphatic hydroxyl groups excluding tert-OH is 1. The lowest BCUT2D eigenvalue weighted by atomic mass is 10.1. The summed E-state index contributed by atoms with van der Waals surface area (Å²) in [6, 6.07) is 8.64. The van der Waals surface area contributed by atoms with Gasteiger partial charge >= 0.3 is 0 Å². The van der Waals surface area contributed by atoms with E-state index in [1.54, 1.807) is 6.07 Å². The largest absolute Gasteiger partial charge is 0.395 e. The molecule has 0 aliphatic rings. The highest BCUT2D eigenvalue weighted by Crippen LogP contribution is 2.09. The van der Waals surface area contributed by atoms with Crippen LogP contribution in [0.2, 0.25) is 0 Å². The predicted octanol–water partition coefficient (Wildman–Crippen LogP) is 0.622. The topological polar surface area (TPSA) is 95.1 Å². The van der Waals surface area contributed by atoms with Crippen LogP contribution < -0.4 is 4.72 Å². The van der Waals surface area contributed by atoms with Crippen molar-refractivity contribution in [1.29, 1.82) is 0 Å². The number of H-pyrrole nitrogens is 1. The first kappa shape index (κ1) is 15.3. The van der Waals surface area contributed by atoms with E-state index in [2.05, 4.69) is 26.8 Å². The van der Waals surface area contributed by atoms with E-state index < -0.39 is 10.0 Å². The molecule has 6 nitrogen and oxygen atoms in total. The second-order valence-corrected chi connectivity index (χ2v) is 5.91. The minimum absolute atomic E-state index is 0.00161. The van der Waals surface area contributed by atoms with Crippen LogP contribution in [-0.4, -0.2) is 30.3 Å². The Labute approximate surface area is 123 Å². The van der Waals surface area contributed by atoms with Crippen molar-refractivity contribution in [2.45, 2.75) is 18.0 Å². The maximum Gasteiger partial charge on any atom is 0.257 e. The predicted molar refractivity (Wildman–Crippen MR) is 77.6 cm³/mol. The van der Waals surface area contributed by atoms with Gasteiger partial charge in [-0.25, -0.2) is 13.1 Å². The number of aliphatic hydroxyl groups is 1. The quantitative estimate of drug-likeness (QED) is 0.706. The molecule has 0 bridgehead atoms. The Balaban J connectivity index is 2.13. The average molecular weight is 305 g/mol. The number of aromatic nitrogens is 2. The van der Waals surface area contributed by atoms with Gasteiger partial charge in [0.1, 0.15) is 0 Å². The first-order valence-electron chi connectivity index (χ1n) is 6.30. The summed E-state index contributed by atoms with van der Waals surface area (Å²) in [5.74, 6) is 5.74. The van der Waals surface area contributed by atoms with Crippen LogP contribution in [0.15, 0.2) is 41.6 Å². The molecule has 2 rings (SSSR count). The summed E-state index contributed by atoms with van der Waals surface area (Å²) < 4.78 is 26.5. The van der Waals surface area contributed by atoms with Crippen LogP contribution >= 0.6 is 0 Å². The van der Waals surface area contributed by atoms with Gasteiger partial charge in [0, 0.05) is 18.5 Å². The Morgan fingerprint density at radius 3 is 2.81 bits per heavy atom. The Kier molecular flexibility index (Phi) is 5.11. The Morgan fingerprint density at radius 2 is 2.10 bits per heavy atom. The molecule has 1 heterocycles. The molecule has 3 N–H and O–H groups in total. The Bertz CT molecular complexity index is 743. The minimum Gasteiger partial charge on any atom is -0.395 e. The lowest BCUT2D eigenvalue weighted by Gasteiger charge is -2.06. The van der Waals surface area contributed by atoms with Crippen molar-refractivity contribution in [2.75, 3.05) is 6.61 Å². The molecule has 0 aliphatic heterocycles. The molecule has 2 aromatic rings. The van der Waals surface area contributed by atoms with E-state index in [1.165, 1.54) is 12.3 Å². The van der Waals surface area contributed by atoms with Crippen molar-refractivity contribution >= 4 is 10.0 Å². The smallest absolute Gasteiger partial charge is 0.257 e. The zero-order chi connectivity index (χ0) is 15.1. The van der Waals surface area contributed by atoms with Crippen LogP contribution in [0.5, 0.6) is 0 Å². The van der Waals surface area contributed by atoms with Gasteiger partial charge in [0.25, 0.3) is 10.0 Å². The number of nitrogens with one attached hydrogen (secondary N) is 2. The molecule has 0 saturated heterocycles. The summed E-state index contributed by atoms with van der Waals surface area (Å²) >= 11 is 0. The SMILES string of the molecule is O=S(=O)(NCc1ccccc1C#CCCO)c1ccn[nH]1. The molecule has 1 aromatic carbocycles. The van der Waals surface area contributed by atoms with Crippen LogP contribution in [0.4, 0.5) is 0 Å². The molecule has 7 heteroatoms. The van der Waals surface area contributed by atoms with E-state index in [0.29, 0.717) is 6.42 Å². The van der Waals surface area contributed by atoms with E-state index in [1.807, 2.05) is 18.2 Å². The number of aromatic amines is 1. The van der Waals surface area contributed by atoms with Gasteiger partial charge in [-0.05, 0) is 17.7 Å². The maximum absolute atomic E-state index is 12.0. The fourth-order valence-electron chi connectivity index (χ4n) is 1.65. The second kappa shape index (κ2) is 7.04. The fourth-order valence-corrected chi connectivity index (χ4v) is 2.57. The van der Waals surface area contributed by atoms with Gasteiger partial charge in [-0.3, -0.25) is 5.10 Å². The Hall–Kier alpha value is -2.14. The molecule has 21 heavy (non-hydrogen) atoms. The number of hydrogen-bond acceptors (Lipinski definition) is 4. The molecule has 0 spiro atoms. The van der Waals surface area contributed by atoms with Crippen LogP contribution in [0.25, 0.3) is 0 Å². The number of benzene rings is 1. The minimum atomic E-state index is -3.61. The van der Waals surface area contributed by atoms with Crippen molar-refractivity contribution in [2.24, 2.45) is 0 Å². The Morgan fingerprint density at radius 1 is 1.29 bits per heavy atom. The molecule has 0 amide bonds. The van der Waals surface area contributed by atoms with Gasteiger partial charge < -0.3 is 5.11 Å². The summed E-state index contributed by atoms with van der Waals surface area (Å²) in [7, 11) is -3.61. The normalized spacial score (nSPS) is 10.9. The van der Waals surface area contributed by atoms with Gasteiger partial charge in [-0.15, -0.1) is 0 Å². The summed E-state index contributed by atoms with van der Waals surface area (Å²) in [6.07, 6.45) is 1.76. The van der Waals surface area contributed by atoms with Crippen molar-refractivity contribution in [3.8, 4) is 11.8 Å². The van der Waals surface area contributed by atoms with Crippen LogP contribution in [-0.2, 0) is 16.6 Å². The molecule has 0 radical (unpaired) electrons. The van der Waals surface area contributed by atoms with Crippen LogP contribution in [0.1, 0.15) is 17.5 Å². The number of nitrogens with zero attached hydrogens (tertiary/aromatic N) is 1. The third kappa shape index (κ3) is 4.16. The number of rotatable bonds is 5. The van der Waals surface area contributed by atoms with Crippen LogP contribution in [0, 0.1) is 11.8 Å². The first-order chi connectivity index (χ1) is 10.1. The fraction of sp³-hybridized carbons (Fsp3) is 0.214. The highest BCUT2D eigenvalue weighted by Gasteiger charge is 2.15. The molecule has 110 valence electrons. The highest BCUT2D eigenvalue weighted by molar-refractivity contribution is 7.89. The van der Waals surface area contributed by atoms with Crippen molar-refractivity contribution in [3.05, 3.63) is 47.7 Å². The van der Waals surface area contributed by atoms with Gasteiger partial charge in [-0.1, -0.05) is 30.0 Å². The van der Waals surface area contributed by atoms with Crippen molar-refractivity contribution in [3.63, 3.8) is 0 Å². The van der Waals surface area contributed by atoms with E-state index >= 15 is 0 Å². The zero-order valence-electron chi connectivity index (χ0n) is 11.2. The number of hydrogen-bond donors (Lipinski definition) is 3. The molecular formula is C14H15N3O3S. The maximum atomic E-state index is 12.0. The van der Waals surface area contributed by atoms with E-state index in [9.17, 15) is 8.42 Å².